The maximum atomic E-state index is 13.4. The summed E-state index contributed by atoms with van der Waals surface area (Å²) >= 11 is 12.2. The summed E-state index contributed by atoms with van der Waals surface area (Å²) in [6.07, 6.45) is 0. The van der Waals surface area contributed by atoms with Crippen LogP contribution in [0.3, 0.4) is 0 Å². The molecular weight excluding hydrogens is 564 g/mol. The number of fused-ring (bicyclic) bond motifs is 1. The second-order valence-electron chi connectivity index (χ2n) is 7.85. The van der Waals surface area contributed by atoms with Crippen molar-refractivity contribution in [3.63, 3.8) is 0 Å². The SMILES string of the molecule is COc1ccc(NC(=O)c2cc3ccccc3c(N=Nc3cc(S(=O)(=O)O)cc(Cl)c3C)c2[O-])cc1Cl.[Na+]. The Morgan fingerprint density at radius 1 is 1.03 bits per heavy atom. The van der Waals surface area contributed by atoms with Gasteiger partial charge in [-0.05, 0) is 54.3 Å². The molecule has 13 heteroatoms. The van der Waals surface area contributed by atoms with Gasteiger partial charge in [0.25, 0.3) is 16.0 Å². The Bertz CT molecular complexity index is 1700. The monoisotopic (exact) mass is 581 g/mol. The van der Waals surface area contributed by atoms with Gasteiger partial charge in [-0.3, -0.25) is 9.35 Å². The van der Waals surface area contributed by atoms with E-state index in [1.54, 1.807) is 43.3 Å². The van der Waals surface area contributed by atoms with Gasteiger partial charge in [0.1, 0.15) is 5.75 Å². The summed E-state index contributed by atoms with van der Waals surface area (Å²) in [6, 6.07) is 15.0. The standard InChI is InChI=1S/C25H19Cl2N3O6S.Na/c1-13-19(26)11-16(37(33,34)35)12-21(13)29-30-23-17-6-4-3-5-14(17)9-18(24(23)31)25(32)28-15-7-8-22(36-2)20(27)10-15;/h3-12,31H,1-2H3,(H,28,32)(H,33,34,35);/q;+1/p-1. The fraction of sp³-hybridized carbons (Fsp3) is 0.0800. The first-order valence-corrected chi connectivity index (χ1v) is 12.8. The predicted molar refractivity (Wildman–Crippen MR) is 140 cm³/mol. The van der Waals surface area contributed by atoms with Gasteiger partial charge in [-0.2, -0.15) is 18.6 Å². The number of amides is 1. The van der Waals surface area contributed by atoms with Gasteiger partial charge in [0.05, 0.1) is 28.4 Å². The number of hydrogen-bond acceptors (Lipinski definition) is 7. The zero-order valence-corrected chi connectivity index (χ0v) is 24.6. The zero-order valence-electron chi connectivity index (χ0n) is 20.3. The van der Waals surface area contributed by atoms with Crippen molar-refractivity contribution in [1.29, 1.82) is 0 Å². The molecule has 0 unspecified atom stereocenters. The van der Waals surface area contributed by atoms with Crippen LogP contribution in [-0.2, 0) is 10.1 Å². The number of carbonyl (C=O) groups is 1. The molecule has 0 aromatic heterocycles. The normalized spacial score (nSPS) is 11.4. The van der Waals surface area contributed by atoms with Crippen molar-refractivity contribution in [3.8, 4) is 11.5 Å². The molecule has 0 bridgehead atoms. The maximum absolute atomic E-state index is 13.4. The van der Waals surface area contributed by atoms with Crippen molar-refractivity contribution in [3.05, 3.63) is 81.8 Å². The molecule has 9 nitrogen and oxygen atoms in total. The van der Waals surface area contributed by atoms with E-state index in [0.717, 1.165) is 12.1 Å². The molecule has 38 heavy (non-hydrogen) atoms. The first-order valence-electron chi connectivity index (χ1n) is 10.6. The van der Waals surface area contributed by atoms with Crippen LogP contribution in [-0.4, -0.2) is 26.0 Å². The molecule has 0 atom stereocenters. The van der Waals surface area contributed by atoms with Crippen LogP contribution in [0.5, 0.6) is 11.5 Å². The number of nitrogens with one attached hydrogen (secondary N) is 1. The number of halogens is 2. The fourth-order valence-corrected chi connectivity index (χ4v) is 4.58. The van der Waals surface area contributed by atoms with Crippen LogP contribution in [0.4, 0.5) is 17.1 Å². The minimum atomic E-state index is -4.56. The van der Waals surface area contributed by atoms with E-state index in [1.807, 2.05) is 0 Å². The van der Waals surface area contributed by atoms with Crippen molar-refractivity contribution in [2.24, 2.45) is 10.2 Å². The molecule has 0 aliphatic heterocycles. The summed E-state index contributed by atoms with van der Waals surface area (Å²) in [6.45, 7) is 1.57. The third-order valence-electron chi connectivity index (χ3n) is 5.48. The molecular formula is C25H18Cl2N3NaO6S. The number of methoxy groups -OCH3 is 1. The van der Waals surface area contributed by atoms with E-state index in [-0.39, 0.29) is 56.5 Å². The van der Waals surface area contributed by atoms with Gasteiger partial charge in [-0.15, -0.1) is 0 Å². The Morgan fingerprint density at radius 2 is 1.74 bits per heavy atom. The first-order chi connectivity index (χ1) is 17.5. The zero-order chi connectivity index (χ0) is 26.9. The summed E-state index contributed by atoms with van der Waals surface area (Å²) in [5.41, 5.74) is 0.412. The third kappa shape index (κ3) is 6.29. The molecule has 0 heterocycles. The van der Waals surface area contributed by atoms with Crippen LogP contribution in [0.1, 0.15) is 15.9 Å². The van der Waals surface area contributed by atoms with Gasteiger partial charge in [0.15, 0.2) is 0 Å². The Balaban J connectivity index is 0.00000400. The molecule has 0 saturated heterocycles. The van der Waals surface area contributed by atoms with E-state index < -0.39 is 26.7 Å². The molecule has 4 aromatic rings. The van der Waals surface area contributed by atoms with E-state index >= 15 is 0 Å². The van der Waals surface area contributed by atoms with Gasteiger partial charge in [0, 0.05) is 21.7 Å². The number of nitrogens with zero attached hydrogens (tertiary/aromatic N) is 2. The number of carbonyl (C=O) groups excluding carboxylic acids is 1. The van der Waals surface area contributed by atoms with Crippen molar-refractivity contribution in [1.82, 2.24) is 0 Å². The average Bonchev–Trinajstić information content (AvgIpc) is 2.84. The van der Waals surface area contributed by atoms with Crippen LogP contribution in [0, 0.1) is 6.92 Å². The van der Waals surface area contributed by atoms with E-state index in [2.05, 4.69) is 15.5 Å². The Labute approximate surface area is 250 Å². The van der Waals surface area contributed by atoms with Crippen molar-refractivity contribution in [2.75, 3.05) is 12.4 Å². The van der Waals surface area contributed by atoms with Gasteiger partial charge < -0.3 is 15.2 Å². The molecule has 0 fully saturated rings. The summed E-state index contributed by atoms with van der Waals surface area (Å²) < 4.78 is 37.7. The quantitative estimate of drug-likeness (QED) is 0.203. The van der Waals surface area contributed by atoms with E-state index in [1.165, 1.54) is 19.2 Å². The van der Waals surface area contributed by atoms with Crippen LogP contribution < -0.4 is 44.7 Å². The topological polar surface area (TPSA) is 140 Å². The fourth-order valence-electron chi connectivity index (χ4n) is 3.52. The third-order valence-corrected chi connectivity index (χ3v) is 7.00. The number of benzene rings is 4. The molecule has 4 rings (SSSR count). The first kappa shape index (κ1) is 29.9. The molecule has 1 amide bonds. The van der Waals surface area contributed by atoms with Crippen LogP contribution in [0.15, 0.2) is 75.8 Å². The maximum Gasteiger partial charge on any atom is 1.00 e. The second kappa shape index (κ2) is 12.0. The van der Waals surface area contributed by atoms with Crippen molar-refractivity contribution in [2.45, 2.75) is 11.8 Å². The summed E-state index contributed by atoms with van der Waals surface area (Å²) in [5.74, 6) is -0.971. The van der Waals surface area contributed by atoms with Crippen molar-refractivity contribution >= 4 is 67.1 Å². The predicted octanol–water partition coefficient (Wildman–Crippen LogP) is 3.46. The van der Waals surface area contributed by atoms with E-state index in [4.69, 9.17) is 27.9 Å². The van der Waals surface area contributed by atoms with Gasteiger partial charge in [-0.25, -0.2) is 0 Å². The molecule has 2 N–H and O–H groups in total. The smallest absolute Gasteiger partial charge is 0.870 e. The Hall–Kier alpha value is -2.70. The van der Waals surface area contributed by atoms with E-state index in [9.17, 15) is 22.9 Å². The number of anilines is 1. The largest absolute Gasteiger partial charge is 1.00 e. The van der Waals surface area contributed by atoms with Gasteiger partial charge in [-0.1, -0.05) is 53.2 Å². The molecule has 0 radical (unpaired) electrons. The molecule has 0 aliphatic rings. The second-order valence-corrected chi connectivity index (χ2v) is 10.1. The minimum absolute atomic E-state index is 0. The Morgan fingerprint density at radius 3 is 2.39 bits per heavy atom. The molecule has 0 spiro atoms. The summed E-state index contributed by atoms with van der Waals surface area (Å²) in [7, 11) is -3.10. The molecule has 190 valence electrons. The molecule has 4 aromatic carbocycles. The average molecular weight is 582 g/mol. The number of ether oxygens (including phenoxy) is 1. The Kier molecular flexibility index (Phi) is 9.43. The summed E-state index contributed by atoms with van der Waals surface area (Å²) in [4.78, 5) is 12.6. The number of azo groups is 1. The van der Waals surface area contributed by atoms with Crippen LogP contribution >= 0.6 is 23.2 Å². The number of rotatable bonds is 6. The van der Waals surface area contributed by atoms with Crippen LogP contribution in [0.25, 0.3) is 10.8 Å². The summed E-state index contributed by atoms with van der Waals surface area (Å²) in [5, 5.41) is 25.4. The minimum Gasteiger partial charge on any atom is -0.870 e. The van der Waals surface area contributed by atoms with E-state index in [0.29, 0.717) is 27.8 Å². The van der Waals surface area contributed by atoms with Crippen molar-refractivity contribution < 1.29 is 57.2 Å². The van der Waals surface area contributed by atoms with Crippen LogP contribution in [0.2, 0.25) is 10.0 Å². The molecule has 0 saturated carbocycles. The van der Waals surface area contributed by atoms with Gasteiger partial charge >= 0.3 is 29.6 Å². The van der Waals surface area contributed by atoms with Gasteiger partial charge in [0.2, 0.25) is 0 Å². The number of hydrogen-bond donors (Lipinski definition) is 2. The molecule has 0 aliphatic carbocycles.